The zero-order valence-electron chi connectivity index (χ0n) is 19.6. The predicted octanol–water partition coefficient (Wildman–Crippen LogP) is 3.58. The number of ether oxygens (including phenoxy) is 3. The highest BCUT2D eigenvalue weighted by molar-refractivity contribution is 5.95. The fraction of sp³-hybridized carbons (Fsp3) is 0.462. The van der Waals surface area contributed by atoms with E-state index in [0.29, 0.717) is 35.9 Å². The van der Waals surface area contributed by atoms with E-state index in [9.17, 15) is 9.59 Å². The van der Waals surface area contributed by atoms with Crippen LogP contribution in [-0.2, 0) is 4.79 Å². The van der Waals surface area contributed by atoms with Crippen LogP contribution in [0.3, 0.4) is 0 Å². The first kappa shape index (κ1) is 23.0. The summed E-state index contributed by atoms with van der Waals surface area (Å²) in [5.74, 6) is 1.18. The van der Waals surface area contributed by atoms with E-state index < -0.39 is 0 Å². The molecule has 2 aromatic rings. The Balaban J connectivity index is 1.69. The van der Waals surface area contributed by atoms with Gasteiger partial charge >= 0.3 is 0 Å². The Kier molecular flexibility index (Phi) is 7.06. The van der Waals surface area contributed by atoms with Gasteiger partial charge in [0.05, 0.1) is 27.2 Å². The third-order valence-electron chi connectivity index (χ3n) is 6.73. The summed E-state index contributed by atoms with van der Waals surface area (Å²) >= 11 is 0. The largest absolute Gasteiger partial charge is 0.493 e. The zero-order valence-corrected chi connectivity index (χ0v) is 19.6. The Labute approximate surface area is 195 Å². The Morgan fingerprint density at radius 1 is 0.818 bits per heavy atom. The molecule has 2 saturated heterocycles. The van der Waals surface area contributed by atoms with E-state index in [1.165, 1.54) is 0 Å². The van der Waals surface area contributed by atoms with Crippen molar-refractivity contribution in [3.8, 4) is 17.2 Å². The van der Waals surface area contributed by atoms with Crippen LogP contribution in [-0.4, -0.2) is 69.1 Å². The van der Waals surface area contributed by atoms with E-state index in [2.05, 4.69) is 0 Å². The van der Waals surface area contributed by atoms with Crippen LogP contribution in [0.1, 0.15) is 41.1 Å². The van der Waals surface area contributed by atoms with Gasteiger partial charge in [-0.2, -0.15) is 0 Å². The topological polar surface area (TPSA) is 68.3 Å². The predicted molar refractivity (Wildman–Crippen MR) is 125 cm³/mol. The summed E-state index contributed by atoms with van der Waals surface area (Å²) in [6.07, 6.45) is 3.21. The number of carbonyl (C=O) groups is 2. The van der Waals surface area contributed by atoms with Gasteiger partial charge in [-0.25, -0.2) is 0 Å². The molecule has 176 valence electrons. The van der Waals surface area contributed by atoms with Gasteiger partial charge < -0.3 is 24.0 Å². The molecule has 2 aromatic carbocycles. The van der Waals surface area contributed by atoms with Crippen molar-refractivity contribution in [2.75, 3.05) is 47.5 Å². The van der Waals surface area contributed by atoms with Gasteiger partial charge in [0.15, 0.2) is 11.5 Å². The van der Waals surface area contributed by atoms with Crippen LogP contribution in [0.2, 0.25) is 0 Å². The van der Waals surface area contributed by atoms with Crippen LogP contribution in [0.15, 0.2) is 42.5 Å². The standard InChI is InChI=1S/C26H32N2O5/c1-31-22-14-19(15-23(32-2)24(22)33-3)20-16-28(25(29)18-10-6-4-7-11-18)17-21(20)26(30)27-12-8-5-9-13-27/h4,6-7,10-11,14-15,20-21H,5,8-9,12-13,16-17H2,1-3H3/t20-,21+/m1/s1. The van der Waals surface area contributed by atoms with Gasteiger partial charge in [-0.15, -0.1) is 0 Å². The highest BCUT2D eigenvalue weighted by Gasteiger charge is 2.43. The van der Waals surface area contributed by atoms with E-state index >= 15 is 0 Å². The number of benzene rings is 2. The molecule has 0 saturated carbocycles. The summed E-state index contributed by atoms with van der Waals surface area (Å²) in [5.41, 5.74) is 1.54. The Bertz CT molecular complexity index is 962. The van der Waals surface area contributed by atoms with Crippen molar-refractivity contribution in [3.63, 3.8) is 0 Å². The molecule has 2 amide bonds. The molecule has 7 heteroatoms. The van der Waals surface area contributed by atoms with Crippen LogP contribution >= 0.6 is 0 Å². The maximum absolute atomic E-state index is 13.6. The maximum Gasteiger partial charge on any atom is 0.253 e. The third kappa shape index (κ3) is 4.63. The average molecular weight is 453 g/mol. The molecule has 0 unspecified atom stereocenters. The van der Waals surface area contributed by atoms with Gasteiger partial charge in [-0.1, -0.05) is 18.2 Å². The molecule has 33 heavy (non-hydrogen) atoms. The molecular weight excluding hydrogens is 420 g/mol. The number of carbonyl (C=O) groups excluding carboxylic acids is 2. The second kappa shape index (κ2) is 10.1. The normalized spacial score (nSPS) is 20.5. The highest BCUT2D eigenvalue weighted by Crippen LogP contribution is 2.43. The van der Waals surface area contributed by atoms with Gasteiger partial charge in [0.2, 0.25) is 11.7 Å². The second-order valence-corrected chi connectivity index (χ2v) is 8.63. The first-order chi connectivity index (χ1) is 16.1. The number of methoxy groups -OCH3 is 3. The van der Waals surface area contributed by atoms with Crippen molar-refractivity contribution >= 4 is 11.8 Å². The first-order valence-electron chi connectivity index (χ1n) is 11.5. The zero-order chi connectivity index (χ0) is 23.4. The molecule has 2 heterocycles. The van der Waals surface area contributed by atoms with Gasteiger partial charge in [0, 0.05) is 37.7 Å². The SMILES string of the molecule is COc1cc([C@H]2CN(C(=O)c3ccccc3)C[C@@H]2C(=O)N2CCCCC2)cc(OC)c1OC. The number of piperidine rings is 1. The molecule has 0 aliphatic carbocycles. The number of likely N-dealkylation sites (tertiary alicyclic amines) is 2. The highest BCUT2D eigenvalue weighted by atomic mass is 16.5. The molecular formula is C26H32N2O5. The minimum atomic E-state index is -0.321. The van der Waals surface area contributed by atoms with E-state index in [-0.39, 0.29) is 23.7 Å². The van der Waals surface area contributed by atoms with Crippen LogP contribution in [0.4, 0.5) is 0 Å². The Hall–Kier alpha value is -3.22. The van der Waals surface area contributed by atoms with Crippen molar-refractivity contribution in [2.45, 2.75) is 25.2 Å². The van der Waals surface area contributed by atoms with Crippen molar-refractivity contribution in [2.24, 2.45) is 5.92 Å². The van der Waals surface area contributed by atoms with Crippen molar-refractivity contribution in [1.82, 2.24) is 9.80 Å². The van der Waals surface area contributed by atoms with Gasteiger partial charge in [0.1, 0.15) is 0 Å². The van der Waals surface area contributed by atoms with E-state index in [4.69, 9.17) is 14.2 Å². The quantitative estimate of drug-likeness (QED) is 0.670. The van der Waals surface area contributed by atoms with Gasteiger partial charge in [-0.3, -0.25) is 9.59 Å². The summed E-state index contributed by atoms with van der Waals surface area (Å²) < 4.78 is 16.6. The molecule has 2 fully saturated rings. The van der Waals surface area contributed by atoms with E-state index in [1.807, 2.05) is 47.4 Å². The van der Waals surface area contributed by atoms with Crippen LogP contribution < -0.4 is 14.2 Å². The summed E-state index contributed by atoms with van der Waals surface area (Å²) in [6, 6.07) is 13.0. The molecule has 2 aliphatic heterocycles. The molecule has 0 bridgehead atoms. The minimum Gasteiger partial charge on any atom is -0.493 e. The third-order valence-corrected chi connectivity index (χ3v) is 6.73. The molecule has 2 aliphatic rings. The Morgan fingerprint density at radius 2 is 1.45 bits per heavy atom. The van der Waals surface area contributed by atoms with Gasteiger partial charge in [0.25, 0.3) is 5.91 Å². The molecule has 0 radical (unpaired) electrons. The number of rotatable bonds is 6. The van der Waals surface area contributed by atoms with Crippen LogP contribution in [0, 0.1) is 5.92 Å². The summed E-state index contributed by atoms with van der Waals surface area (Å²) in [5, 5.41) is 0. The summed E-state index contributed by atoms with van der Waals surface area (Å²) in [7, 11) is 4.73. The number of hydrogen-bond acceptors (Lipinski definition) is 5. The summed E-state index contributed by atoms with van der Waals surface area (Å²) in [6.45, 7) is 2.41. The number of hydrogen-bond donors (Lipinski definition) is 0. The number of nitrogens with zero attached hydrogens (tertiary/aromatic N) is 2. The molecule has 0 aromatic heterocycles. The van der Waals surface area contributed by atoms with Crippen molar-refractivity contribution in [3.05, 3.63) is 53.6 Å². The molecule has 0 spiro atoms. The lowest BCUT2D eigenvalue weighted by Gasteiger charge is -2.31. The van der Waals surface area contributed by atoms with Crippen molar-refractivity contribution < 1.29 is 23.8 Å². The monoisotopic (exact) mass is 452 g/mol. The fourth-order valence-electron chi connectivity index (χ4n) is 4.99. The Morgan fingerprint density at radius 3 is 2.03 bits per heavy atom. The fourth-order valence-corrected chi connectivity index (χ4v) is 4.99. The number of amides is 2. The lowest BCUT2D eigenvalue weighted by Crippen LogP contribution is -2.42. The van der Waals surface area contributed by atoms with E-state index in [1.54, 1.807) is 26.2 Å². The van der Waals surface area contributed by atoms with Crippen molar-refractivity contribution in [1.29, 1.82) is 0 Å². The molecule has 2 atom stereocenters. The maximum atomic E-state index is 13.6. The van der Waals surface area contributed by atoms with Crippen LogP contribution in [0.5, 0.6) is 17.2 Å². The molecule has 4 rings (SSSR count). The first-order valence-corrected chi connectivity index (χ1v) is 11.5. The molecule has 7 nitrogen and oxygen atoms in total. The minimum absolute atomic E-state index is 0.0537. The average Bonchev–Trinajstić information content (AvgIpc) is 3.33. The lowest BCUT2D eigenvalue weighted by molar-refractivity contribution is -0.136. The lowest BCUT2D eigenvalue weighted by atomic mass is 9.87. The second-order valence-electron chi connectivity index (χ2n) is 8.63. The van der Waals surface area contributed by atoms with Crippen LogP contribution in [0.25, 0.3) is 0 Å². The molecule has 0 N–H and O–H groups in total. The summed E-state index contributed by atoms with van der Waals surface area (Å²) in [4.78, 5) is 30.6. The van der Waals surface area contributed by atoms with Gasteiger partial charge in [-0.05, 0) is 49.1 Å². The smallest absolute Gasteiger partial charge is 0.253 e. The van der Waals surface area contributed by atoms with E-state index in [0.717, 1.165) is 37.9 Å².